The summed E-state index contributed by atoms with van der Waals surface area (Å²) in [5.74, 6) is -0.105. The monoisotopic (exact) mass is 435 g/mol. The highest BCUT2D eigenvalue weighted by atomic mass is 19.3. The topological polar surface area (TPSA) is 78.0 Å². The third-order valence-electron chi connectivity index (χ3n) is 4.72. The number of halogens is 3. The first-order chi connectivity index (χ1) is 14.9. The van der Waals surface area contributed by atoms with Crippen LogP contribution in [0.1, 0.15) is 6.42 Å². The summed E-state index contributed by atoms with van der Waals surface area (Å²) in [6.45, 7) is -1.70. The Kier molecular flexibility index (Phi) is 7.58. The van der Waals surface area contributed by atoms with Crippen molar-refractivity contribution < 1.29 is 22.7 Å². The SMILES string of the molecule is CN=C(NCC(=O)Nc1ccc(F)cc1)NC1CCN(c2ccccc2OC(F)F)C1. The molecule has 1 aliphatic rings. The van der Waals surface area contributed by atoms with Crippen LogP contribution in [0.3, 0.4) is 0 Å². The van der Waals surface area contributed by atoms with Crippen LogP contribution < -0.4 is 25.6 Å². The molecule has 2 aromatic carbocycles. The Morgan fingerprint density at radius 3 is 2.68 bits per heavy atom. The fraction of sp³-hybridized carbons (Fsp3) is 0.333. The molecule has 0 aromatic heterocycles. The molecule has 3 rings (SSSR count). The second-order valence-corrected chi connectivity index (χ2v) is 6.90. The number of carbonyl (C=O) groups is 1. The summed E-state index contributed by atoms with van der Waals surface area (Å²) in [7, 11) is 1.59. The van der Waals surface area contributed by atoms with E-state index in [1.54, 1.807) is 25.2 Å². The minimum absolute atomic E-state index is 0.00552. The van der Waals surface area contributed by atoms with Crippen LogP contribution in [0, 0.1) is 5.82 Å². The van der Waals surface area contributed by atoms with Crippen molar-refractivity contribution in [1.29, 1.82) is 0 Å². The Balaban J connectivity index is 1.49. The summed E-state index contributed by atoms with van der Waals surface area (Å²) >= 11 is 0. The molecule has 2 aromatic rings. The van der Waals surface area contributed by atoms with Gasteiger partial charge >= 0.3 is 6.61 Å². The van der Waals surface area contributed by atoms with Gasteiger partial charge in [-0.25, -0.2) is 4.39 Å². The third kappa shape index (κ3) is 6.53. The second kappa shape index (κ2) is 10.6. The lowest BCUT2D eigenvalue weighted by atomic mass is 10.2. The van der Waals surface area contributed by atoms with E-state index in [4.69, 9.17) is 0 Å². The molecule has 0 saturated carbocycles. The molecular weight excluding hydrogens is 411 g/mol. The van der Waals surface area contributed by atoms with Gasteiger partial charge in [-0.05, 0) is 42.8 Å². The van der Waals surface area contributed by atoms with Crippen molar-refractivity contribution in [2.45, 2.75) is 19.1 Å². The number of hydrogen-bond donors (Lipinski definition) is 3. The van der Waals surface area contributed by atoms with E-state index in [1.807, 2.05) is 4.90 Å². The summed E-state index contributed by atoms with van der Waals surface area (Å²) in [5, 5.41) is 8.82. The number of anilines is 2. The summed E-state index contributed by atoms with van der Waals surface area (Å²) in [5.41, 5.74) is 1.10. The number of nitrogens with one attached hydrogen (secondary N) is 3. The maximum Gasteiger partial charge on any atom is 0.387 e. The van der Waals surface area contributed by atoms with Gasteiger partial charge in [-0.3, -0.25) is 9.79 Å². The maximum absolute atomic E-state index is 12.9. The average molecular weight is 435 g/mol. The first-order valence-electron chi connectivity index (χ1n) is 9.76. The second-order valence-electron chi connectivity index (χ2n) is 6.90. The van der Waals surface area contributed by atoms with Gasteiger partial charge in [0, 0.05) is 31.9 Å². The minimum Gasteiger partial charge on any atom is -0.433 e. The summed E-state index contributed by atoms with van der Waals surface area (Å²) in [4.78, 5) is 18.2. The van der Waals surface area contributed by atoms with E-state index in [0.717, 1.165) is 6.42 Å². The standard InChI is InChI=1S/C21H24F3N5O2/c1-25-21(26-12-19(30)27-15-8-6-14(22)7-9-15)28-16-10-11-29(13-16)17-4-2-3-5-18(17)31-20(23)24/h2-9,16,20H,10-13H2,1H3,(H,27,30)(H2,25,26,28). The molecular formula is C21H24F3N5O2. The lowest BCUT2D eigenvalue weighted by molar-refractivity contribution is -0.115. The number of amides is 1. The zero-order valence-corrected chi connectivity index (χ0v) is 16.9. The molecule has 1 heterocycles. The Morgan fingerprint density at radius 2 is 1.97 bits per heavy atom. The van der Waals surface area contributed by atoms with Gasteiger partial charge in [0.2, 0.25) is 5.91 Å². The van der Waals surface area contributed by atoms with Crippen molar-refractivity contribution >= 4 is 23.2 Å². The maximum atomic E-state index is 12.9. The largest absolute Gasteiger partial charge is 0.433 e. The van der Waals surface area contributed by atoms with Crippen LogP contribution in [-0.4, -0.2) is 51.2 Å². The van der Waals surface area contributed by atoms with E-state index in [9.17, 15) is 18.0 Å². The van der Waals surface area contributed by atoms with Gasteiger partial charge in [0.1, 0.15) is 11.6 Å². The summed E-state index contributed by atoms with van der Waals surface area (Å²) in [6, 6.07) is 12.2. The van der Waals surface area contributed by atoms with Crippen LogP contribution >= 0.6 is 0 Å². The normalized spacial score (nSPS) is 16.4. The first kappa shape index (κ1) is 22.3. The molecule has 0 bridgehead atoms. The first-order valence-corrected chi connectivity index (χ1v) is 9.76. The highest BCUT2D eigenvalue weighted by molar-refractivity contribution is 5.95. The molecule has 0 aliphatic carbocycles. The van der Waals surface area contributed by atoms with Gasteiger partial charge in [0.05, 0.1) is 12.2 Å². The van der Waals surface area contributed by atoms with Crippen LogP contribution in [-0.2, 0) is 4.79 Å². The summed E-state index contributed by atoms with van der Waals surface area (Å²) < 4.78 is 42.9. The zero-order chi connectivity index (χ0) is 22.2. The van der Waals surface area contributed by atoms with E-state index in [0.29, 0.717) is 30.4 Å². The fourth-order valence-electron chi connectivity index (χ4n) is 3.30. The molecule has 3 N–H and O–H groups in total. The van der Waals surface area contributed by atoms with E-state index in [1.165, 1.54) is 30.3 Å². The smallest absolute Gasteiger partial charge is 0.387 e. The fourth-order valence-corrected chi connectivity index (χ4v) is 3.30. The van der Waals surface area contributed by atoms with Crippen molar-refractivity contribution in [2.24, 2.45) is 4.99 Å². The van der Waals surface area contributed by atoms with Crippen molar-refractivity contribution in [1.82, 2.24) is 10.6 Å². The van der Waals surface area contributed by atoms with Crippen LogP contribution in [0.15, 0.2) is 53.5 Å². The van der Waals surface area contributed by atoms with Gasteiger partial charge in [-0.1, -0.05) is 12.1 Å². The number of rotatable bonds is 7. The Labute approximate surface area is 178 Å². The third-order valence-corrected chi connectivity index (χ3v) is 4.72. The molecule has 1 saturated heterocycles. The summed E-state index contributed by atoms with van der Waals surface area (Å²) in [6.07, 6.45) is 0.755. The van der Waals surface area contributed by atoms with E-state index in [-0.39, 0.29) is 30.1 Å². The quantitative estimate of drug-likeness (QED) is 0.461. The number of alkyl halides is 2. The van der Waals surface area contributed by atoms with Gasteiger partial charge in [0.25, 0.3) is 0 Å². The number of para-hydroxylation sites is 2. The van der Waals surface area contributed by atoms with Gasteiger partial charge in [-0.2, -0.15) is 8.78 Å². The van der Waals surface area contributed by atoms with Crippen LogP contribution in [0.25, 0.3) is 0 Å². The molecule has 1 amide bonds. The molecule has 10 heteroatoms. The predicted molar refractivity (Wildman–Crippen MR) is 113 cm³/mol. The van der Waals surface area contributed by atoms with Crippen LogP contribution in [0.4, 0.5) is 24.5 Å². The molecule has 166 valence electrons. The average Bonchev–Trinajstić information content (AvgIpc) is 3.21. The number of aliphatic imine (C=N–C) groups is 1. The van der Waals surface area contributed by atoms with E-state index in [2.05, 4.69) is 25.7 Å². The number of nitrogens with zero attached hydrogens (tertiary/aromatic N) is 2. The van der Waals surface area contributed by atoms with Crippen molar-refractivity contribution in [2.75, 3.05) is 36.9 Å². The lowest BCUT2D eigenvalue weighted by Crippen LogP contribution is -2.46. The van der Waals surface area contributed by atoms with E-state index < -0.39 is 6.61 Å². The molecule has 1 unspecified atom stereocenters. The van der Waals surface area contributed by atoms with E-state index >= 15 is 0 Å². The molecule has 0 spiro atoms. The number of guanidine groups is 1. The molecule has 1 atom stereocenters. The Hall–Kier alpha value is -3.43. The molecule has 7 nitrogen and oxygen atoms in total. The van der Waals surface area contributed by atoms with Crippen LogP contribution in [0.2, 0.25) is 0 Å². The van der Waals surface area contributed by atoms with Crippen molar-refractivity contribution in [3.8, 4) is 5.75 Å². The van der Waals surface area contributed by atoms with Gasteiger partial charge in [0.15, 0.2) is 5.96 Å². The van der Waals surface area contributed by atoms with Gasteiger partial charge in [-0.15, -0.1) is 0 Å². The molecule has 1 aliphatic heterocycles. The Morgan fingerprint density at radius 1 is 1.23 bits per heavy atom. The number of ether oxygens (including phenoxy) is 1. The van der Waals surface area contributed by atoms with Crippen molar-refractivity contribution in [3.05, 3.63) is 54.3 Å². The Bertz CT molecular complexity index is 908. The molecule has 1 fully saturated rings. The zero-order valence-electron chi connectivity index (χ0n) is 16.9. The molecule has 31 heavy (non-hydrogen) atoms. The highest BCUT2D eigenvalue weighted by Crippen LogP contribution is 2.31. The van der Waals surface area contributed by atoms with Gasteiger partial charge < -0.3 is 25.6 Å². The lowest BCUT2D eigenvalue weighted by Gasteiger charge is -2.22. The number of benzene rings is 2. The number of hydrogen-bond acceptors (Lipinski definition) is 4. The number of carbonyl (C=O) groups excluding carboxylic acids is 1. The predicted octanol–water partition coefficient (Wildman–Crippen LogP) is 2.81. The minimum atomic E-state index is -2.89. The van der Waals surface area contributed by atoms with Crippen LogP contribution in [0.5, 0.6) is 5.75 Å². The molecule has 0 radical (unpaired) electrons. The highest BCUT2D eigenvalue weighted by Gasteiger charge is 2.26. The van der Waals surface area contributed by atoms with Crippen molar-refractivity contribution in [3.63, 3.8) is 0 Å².